The Balaban J connectivity index is 2.26. The summed E-state index contributed by atoms with van der Waals surface area (Å²) in [7, 11) is 0. The second-order valence-corrected chi connectivity index (χ2v) is 3.71. The average Bonchev–Trinajstić information content (AvgIpc) is 2.32. The summed E-state index contributed by atoms with van der Waals surface area (Å²) in [4.78, 5) is 0. The Labute approximate surface area is 73.5 Å². The van der Waals surface area contributed by atoms with Gasteiger partial charge in [0.05, 0.1) is 0 Å². The van der Waals surface area contributed by atoms with E-state index in [0.717, 1.165) is 12.8 Å². The second kappa shape index (κ2) is 3.91. The normalized spacial score (nSPS) is 34.9. The highest BCUT2D eigenvalue weighted by atomic mass is 19.1. The van der Waals surface area contributed by atoms with Gasteiger partial charge in [-0.3, -0.25) is 0 Å². The van der Waals surface area contributed by atoms with E-state index in [-0.39, 0.29) is 6.04 Å². The van der Waals surface area contributed by atoms with Crippen molar-refractivity contribution < 1.29 is 4.39 Å². The third-order valence-electron chi connectivity index (χ3n) is 2.54. The van der Waals surface area contributed by atoms with Crippen molar-refractivity contribution in [1.29, 1.82) is 0 Å². The van der Waals surface area contributed by atoms with Crippen molar-refractivity contribution in [3.8, 4) is 12.3 Å². The molecule has 1 rings (SSSR count). The third kappa shape index (κ3) is 2.49. The molecule has 1 saturated carbocycles. The topological polar surface area (TPSA) is 26.0 Å². The molecule has 2 heteroatoms. The second-order valence-electron chi connectivity index (χ2n) is 3.71. The fourth-order valence-electron chi connectivity index (χ4n) is 1.85. The standard InChI is InChI=1S/C10H16FN/c1-2-3-4-6-10(11)7-5-9(12)8-10/h1,9H,3-8,12H2. The molecular formula is C10H16FN. The monoisotopic (exact) mass is 169 g/mol. The SMILES string of the molecule is C#CCCCC1(F)CCC(N)C1. The zero-order valence-corrected chi connectivity index (χ0v) is 7.35. The predicted octanol–water partition coefficient (Wildman–Crippen LogP) is 2.01. The lowest BCUT2D eigenvalue weighted by Crippen LogP contribution is -2.23. The van der Waals surface area contributed by atoms with Crippen LogP contribution in [0.25, 0.3) is 0 Å². The Kier molecular flexibility index (Phi) is 3.11. The lowest BCUT2D eigenvalue weighted by Gasteiger charge is -2.18. The zero-order chi connectivity index (χ0) is 9.03. The van der Waals surface area contributed by atoms with Crippen molar-refractivity contribution in [3.05, 3.63) is 0 Å². The van der Waals surface area contributed by atoms with E-state index in [0.29, 0.717) is 25.7 Å². The van der Waals surface area contributed by atoms with Crippen LogP contribution in [0.2, 0.25) is 0 Å². The maximum absolute atomic E-state index is 13.7. The Morgan fingerprint density at radius 1 is 1.67 bits per heavy atom. The number of hydrogen-bond donors (Lipinski definition) is 1. The first-order valence-electron chi connectivity index (χ1n) is 4.54. The predicted molar refractivity (Wildman–Crippen MR) is 48.3 cm³/mol. The molecule has 0 aromatic carbocycles. The van der Waals surface area contributed by atoms with Crippen molar-refractivity contribution in [1.82, 2.24) is 0 Å². The van der Waals surface area contributed by atoms with Crippen LogP contribution in [0, 0.1) is 12.3 Å². The first kappa shape index (κ1) is 9.54. The van der Waals surface area contributed by atoms with Gasteiger partial charge < -0.3 is 5.73 Å². The largest absolute Gasteiger partial charge is 0.328 e. The van der Waals surface area contributed by atoms with E-state index in [1.165, 1.54) is 0 Å². The van der Waals surface area contributed by atoms with Crippen molar-refractivity contribution in [3.63, 3.8) is 0 Å². The quantitative estimate of drug-likeness (QED) is 0.507. The van der Waals surface area contributed by atoms with Crippen LogP contribution in [0.5, 0.6) is 0 Å². The van der Waals surface area contributed by atoms with Gasteiger partial charge in [0.25, 0.3) is 0 Å². The van der Waals surface area contributed by atoms with Gasteiger partial charge >= 0.3 is 0 Å². The summed E-state index contributed by atoms with van der Waals surface area (Å²) in [5, 5.41) is 0. The van der Waals surface area contributed by atoms with E-state index in [9.17, 15) is 4.39 Å². The molecule has 0 aliphatic heterocycles. The minimum Gasteiger partial charge on any atom is -0.328 e. The van der Waals surface area contributed by atoms with E-state index in [4.69, 9.17) is 12.2 Å². The molecule has 0 amide bonds. The van der Waals surface area contributed by atoms with Gasteiger partial charge in [-0.1, -0.05) is 0 Å². The molecule has 0 heterocycles. The van der Waals surface area contributed by atoms with Crippen molar-refractivity contribution >= 4 is 0 Å². The van der Waals surface area contributed by atoms with Gasteiger partial charge in [-0.15, -0.1) is 12.3 Å². The number of unbranched alkanes of at least 4 members (excludes halogenated alkanes) is 1. The number of halogens is 1. The van der Waals surface area contributed by atoms with E-state index in [1.54, 1.807) is 0 Å². The van der Waals surface area contributed by atoms with Gasteiger partial charge in [-0.05, 0) is 32.1 Å². The molecule has 12 heavy (non-hydrogen) atoms. The van der Waals surface area contributed by atoms with Gasteiger partial charge in [0.1, 0.15) is 5.67 Å². The Hall–Kier alpha value is -0.550. The molecule has 0 radical (unpaired) electrons. The third-order valence-corrected chi connectivity index (χ3v) is 2.54. The van der Waals surface area contributed by atoms with E-state index in [1.807, 2.05) is 0 Å². The minimum absolute atomic E-state index is 0.0702. The molecule has 2 N–H and O–H groups in total. The fourth-order valence-corrected chi connectivity index (χ4v) is 1.85. The van der Waals surface area contributed by atoms with Crippen LogP contribution in [-0.2, 0) is 0 Å². The highest BCUT2D eigenvalue weighted by Gasteiger charge is 2.36. The average molecular weight is 169 g/mol. The van der Waals surface area contributed by atoms with Crippen LogP contribution in [0.3, 0.4) is 0 Å². The molecule has 1 nitrogen and oxygen atoms in total. The number of alkyl halides is 1. The number of hydrogen-bond acceptors (Lipinski definition) is 1. The molecule has 1 aliphatic carbocycles. The van der Waals surface area contributed by atoms with Gasteiger partial charge in [-0.2, -0.15) is 0 Å². The minimum atomic E-state index is -1.00. The van der Waals surface area contributed by atoms with Crippen LogP contribution >= 0.6 is 0 Å². The van der Waals surface area contributed by atoms with Crippen LogP contribution in [0.15, 0.2) is 0 Å². The Bertz CT molecular complexity index is 185. The molecule has 2 atom stereocenters. The number of terminal acetylenes is 1. The lowest BCUT2D eigenvalue weighted by molar-refractivity contribution is 0.154. The first-order valence-corrected chi connectivity index (χ1v) is 4.54. The van der Waals surface area contributed by atoms with Crippen molar-refractivity contribution in [2.24, 2.45) is 5.73 Å². The molecule has 68 valence electrons. The summed E-state index contributed by atoms with van der Waals surface area (Å²) in [5.41, 5.74) is 4.63. The molecule has 1 aliphatic rings. The van der Waals surface area contributed by atoms with Crippen molar-refractivity contribution in [2.45, 2.75) is 50.2 Å². The summed E-state index contributed by atoms with van der Waals surface area (Å²) in [5.74, 6) is 2.52. The lowest BCUT2D eigenvalue weighted by atomic mass is 9.97. The highest BCUT2D eigenvalue weighted by molar-refractivity contribution is 4.93. The fraction of sp³-hybridized carbons (Fsp3) is 0.800. The molecule has 2 unspecified atom stereocenters. The van der Waals surface area contributed by atoms with Crippen LogP contribution in [0.4, 0.5) is 4.39 Å². The Morgan fingerprint density at radius 3 is 2.92 bits per heavy atom. The maximum atomic E-state index is 13.7. The van der Waals surface area contributed by atoms with Gasteiger partial charge in [0.15, 0.2) is 0 Å². The van der Waals surface area contributed by atoms with E-state index in [2.05, 4.69) is 5.92 Å². The maximum Gasteiger partial charge on any atom is 0.112 e. The molecule has 0 aromatic rings. The van der Waals surface area contributed by atoms with Crippen molar-refractivity contribution in [2.75, 3.05) is 0 Å². The molecular weight excluding hydrogens is 153 g/mol. The van der Waals surface area contributed by atoms with E-state index < -0.39 is 5.67 Å². The number of rotatable bonds is 3. The summed E-state index contributed by atoms with van der Waals surface area (Å²) >= 11 is 0. The molecule has 0 saturated heterocycles. The van der Waals surface area contributed by atoms with Gasteiger partial charge in [0, 0.05) is 12.5 Å². The smallest absolute Gasteiger partial charge is 0.112 e. The highest BCUT2D eigenvalue weighted by Crippen LogP contribution is 2.36. The summed E-state index contributed by atoms with van der Waals surface area (Å²) in [6, 6.07) is 0.0702. The van der Waals surface area contributed by atoms with Crippen LogP contribution in [-0.4, -0.2) is 11.7 Å². The molecule has 0 aromatic heterocycles. The van der Waals surface area contributed by atoms with Crippen LogP contribution < -0.4 is 5.73 Å². The first-order chi connectivity index (χ1) is 5.66. The molecule has 0 spiro atoms. The Morgan fingerprint density at radius 2 is 2.42 bits per heavy atom. The molecule has 0 bridgehead atoms. The van der Waals surface area contributed by atoms with Gasteiger partial charge in [0.2, 0.25) is 0 Å². The van der Waals surface area contributed by atoms with Gasteiger partial charge in [-0.25, -0.2) is 4.39 Å². The number of nitrogens with two attached hydrogens (primary N) is 1. The zero-order valence-electron chi connectivity index (χ0n) is 7.35. The summed E-state index contributed by atoms with van der Waals surface area (Å²) in [6.45, 7) is 0. The summed E-state index contributed by atoms with van der Waals surface area (Å²) in [6.07, 6.45) is 9.12. The summed E-state index contributed by atoms with van der Waals surface area (Å²) < 4.78 is 13.7. The molecule has 1 fully saturated rings. The van der Waals surface area contributed by atoms with Crippen LogP contribution in [0.1, 0.15) is 38.5 Å². The van der Waals surface area contributed by atoms with E-state index >= 15 is 0 Å².